The number of rotatable bonds is 8. The Morgan fingerprint density at radius 3 is 2.00 bits per heavy atom. The van der Waals surface area contributed by atoms with Crippen molar-refractivity contribution in [3.63, 3.8) is 0 Å². The van der Waals surface area contributed by atoms with Crippen molar-refractivity contribution in [2.75, 3.05) is 14.1 Å². The van der Waals surface area contributed by atoms with Gasteiger partial charge in [0.1, 0.15) is 5.75 Å². The van der Waals surface area contributed by atoms with Crippen LogP contribution in [0.2, 0.25) is 0 Å². The van der Waals surface area contributed by atoms with E-state index in [9.17, 15) is 5.11 Å². The third kappa shape index (κ3) is 6.58. The van der Waals surface area contributed by atoms with Gasteiger partial charge >= 0.3 is 0 Å². The van der Waals surface area contributed by atoms with Crippen LogP contribution in [0.5, 0.6) is 5.75 Å². The molecule has 3 heteroatoms. The quantitative estimate of drug-likeness (QED) is 0.418. The smallest absolute Gasteiger partial charge is 0.123 e. The molecule has 2 rings (SSSR count). The first-order valence-electron chi connectivity index (χ1n) is 12.1. The zero-order valence-electron chi connectivity index (χ0n) is 22.2. The van der Waals surface area contributed by atoms with Crippen molar-refractivity contribution in [1.82, 2.24) is 4.90 Å². The Bertz CT molecular complexity index is 904. The molecule has 0 aliphatic heterocycles. The molecule has 0 aromatic heterocycles. The molecule has 2 atom stereocenters. The summed E-state index contributed by atoms with van der Waals surface area (Å²) in [7, 11) is 4.86. The normalized spacial score (nSPS) is 15.0. The summed E-state index contributed by atoms with van der Waals surface area (Å²) in [4.78, 5) is 2.24. The number of phenols is 1. The van der Waals surface area contributed by atoms with Crippen LogP contribution in [0.3, 0.4) is 0 Å². The van der Waals surface area contributed by atoms with Crippen LogP contribution in [-0.2, 0) is 22.5 Å². The SMILES string of the molecule is CCCCC(C)(Pc1ccccc1CN(C)C)c1cc(C(C)(C)C)cc(C(C)(C)C)c1O. The van der Waals surface area contributed by atoms with Gasteiger partial charge in [-0.1, -0.05) is 113 Å². The van der Waals surface area contributed by atoms with Gasteiger partial charge in [-0.2, -0.15) is 0 Å². The molecule has 0 aliphatic rings. The molecule has 2 aromatic carbocycles. The van der Waals surface area contributed by atoms with Crippen LogP contribution in [0.25, 0.3) is 0 Å². The first kappa shape index (κ1) is 26.9. The van der Waals surface area contributed by atoms with Gasteiger partial charge < -0.3 is 10.0 Å². The van der Waals surface area contributed by atoms with Crippen molar-refractivity contribution in [3.05, 3.63) is 58.7 Å². The predicted molar refractivity (Wildman–Crippen MR) is 144 cm³/mol. The molecular formula is C29H46NOP. The zero-order valence-corrected chi connectivity index (χ0v) is 23.2. The largest absolute Gasteiger partial charge is 0.507 e. The van der Waals surface area contributed by atoms with Crippen LogP contribution in [0.4, 0.5) is 0 Å². The summed E-state index contributed by atoms with van der Waals surface area (Å²) >= 11 is 0. The summed E-state index contributed by atoms with van der Waals surface area (Å²) < 4.78 is 0. The molecule has 0 spiro atoms. The summed E-state index contributed by atoms with van der Waals surface area (Å²) in [5, 5.41) is 12.9. The maximum atomic E-state index is 11.6. The van der Waals surface area contributed by atoms with Gasteiger partial charge in [0.25, 0.3) is 0 Å². The van der Waals surface area contributed by atoms with Crippen LogP contribution in [-0.4, -0.2) is 24.1 Å². The minimum Gasteiger partial charge on any atom is -0.507 e. The third-order valence-corrected chi connectivity index (χ3v) is 8.15. The monoisotopic (exact) mass is 455 g/mol. The predicted octanol–water partition coefficient (Wildman–Crippen LogP) is 7.46. The number of hydrogen-bond acceptors (Lipinski definition) is 2. The van der Waals surface area contributed by atoms with E-state index in [1.54, 1.807) is 0 Å². The number of phenolic OH excluding ortho intramolecular Hbond substituents is 1. The Labute approximate surface area is 199 Å². The summed E-state index contributed by atoms with van der Waals surface area (Å²) in [6.07, 6.45) is 3.39. The van der Waals surface area contributed by atoms with Crippen LogP contribution in [0.15, 0.2) is 36.4 Å². The van der Waals surface area contributed by atoms with Crippen molar-refractivity contribution >= 4 is 13.9 Å². The van der Waals surface area contributed by atoms with E-state index in [-0.39, 0.29) is 16.0 Å². The molecule has 0 saturated heterocycles. The Morgan fingerprint density at radius 1 is 0.875 bits per heavy atom. The molecule has 0 amide bonds. The average molecular weight is 456 g/mol. The number of aromatic hydroxyl groups is 1. The van der Waals surface area contributed by atoms with Crippen LogP contribution >= 0.6 is 8.58 Å². The van der Waals surface area contributed by atoms with Gasteiger partial charge in [-0.15, -0.1) is 0 Å². The number of benzene rings is 2. The highest BCUT2D eigenvalue weighted by molar-refractivity contribution is 7.48. The second-order valence-electron chi connectivity index (χ2n) is 11.9. The fourth-order valence-corrected chi connectivity index (χ4v) is 6.00. The first-order valence-corrected chi connectivity index (χ1v) is 13.1. The molecule has 0 heterocycles. The Morgan fingerprint density at radius 2 is 1.47 bits per heavy atom. The lowest BCUT2D eigenvalue weighted by Crippen LogP contribution is -2.25. The van der Waals surface area contributed by atoms with Gasteiger partial charge in [-0.05, 0) is 53.3 Å². The highest BCUT2D eigenvalue weighted by Gasteiger charge is 2.34. The van der Waals surface area contributed by atoms with Crippen LogP contribution in [0, 0.1) is 0 Å². The number of unbranched alkanes of at least 4 members (excludes halogenated alkanes) is 1. The van der Waals surface area contributed by atoms with Crippen molar-refractivity contribution in [2.45, 2.75) is 97.2 Å². The Hall–Kier alpha value is -1.37. The molecular weight excluding hydrogens is 409 g/mol. The maximum Gasteiger partial charge on any atom is 0.123 e. The standard InChI is InChI=1S/C29H46NOP/c1-11-12-17-29(8,32-25-16-14-13-15-21(25)20-30(9)10)24-19-22(27(2,3)4)18-23(26(24)31)28(5,6)7/h13-16,18-19,31-32H,11-12,17,20H2,1-10H3. The molecule has 0 radical (unpaired) electrons. The summed E-state index contributed by atoms with van der Waals surface area (Å²) in [5.41, 5.74) is 4.80. The molecule has 0 bridgehead atoms. The van der Waals surface area contributed by atoms with Crippen molar-refractivity contribution < 1.29 is 5.11 Å². The molecule has 178 valence electrons. The van der Waals surface area contributed by atoms with Gasteiger partial charge in [0.15, 0.2) is 0 Å². The fraction of sp³-hybridized carbons (Fsp3) is 0.586. The van der Waals surface area contributed by atoms with E-state index in [0.29, 0.717) is 14.3 Å². The fourth-order valence-electron chi connectivity index (χ4n) is 4.27. The molecule has 0 fully saturated rings. The van der Waals surface area contributed by atoms with E-state index in [4.69, 9.17) is 0 Å². The van der Waals surface area contributed by atoms with Gasteiger partial charge in [0.2, 0.25) is 0 Å². The number of nitrogens with zero attached hydrogens (tertiary/aromatic N) is 1. The second kappa shape index (κ2) is 10.3. The Kier molecular flexibility index (Phi) is 8.63. The highest BCUT2D eigenvalue weighted by atomic mass is 31.1. The minimum absolute atomic E-state index is 0.0278. The molecule has 1 N–H and O–H groups in total. The number of hydrogen-bond donors (Lipinski definition) is 1. The maximum absolute atomic E-state index is 11.6. The lowest BCUT2D eigenvalue weighted by atomic mass is 9.77. The highest BCUT2D eigenvalue weighted by Crippen LogP contribution is 2.51. The molecule has 0 saturated carbocycles. The van der Waals surface area contributed by atoms with Crippen molar-refractivity contribution in [1.29, 1.82) is 0 Å². The minimum atomic E-state index is -0.113. The van der Waals surface area contributed by atoms with Crippen LogP contribution in [0.1, 0.15) is 96.9 Å². The lowest BCUT2D eigenvalue weighted by molar-refractivity contribution is 0.403. The third-order valence-electron chi connectivity index (χ3n) is 6.32. The van der Waals surface area contributed by atoms with Crippen molar-refractivity contribution in [2.24, 2.45) is 0 Å². The first-order chi connectivity index (χ1) is 14.7. The molecule has 2 nitrogen and oxygen atoms in total. The summed E-state index contributed by atoms with van der Waals surface area (Å²) in [6, 6.07) is 13.4. The average Bonchev–Trinajstić information content (AvgIpc) is 2.66. The summed E-state index contributed by atoms with van der Waals surface area (Å²) in [5.74, 6) is 0.502. The van der Waals surface area contributed by atoms with E-state index in [0.717, 1.165) is 36.9 Å². The molecule has 0 aliphatic carbocycles. The van der Waals surface area contributed by atoms with Crippen LogP contribution < -0.4 is 5.30 Å². The van der Waals surface area contributed by atoms with Gasteiger partial charge in [0.05, 0.1) is 0 Å². The zero-order chi connectivity index (χ0) is 24.3. The topological polar surface area (TPSA) is 23.5 Å². The summed E-state index contributed by atoms with van der Waals surface area (Å²) in [6.45, 7) is 19.0. The van der Waals surface area contributed by atoms with Gasteiger partial charge in [0, 0.05) is 17.3 Å². The van der Waals surface area contributed by atoms with E-state index in [1.165, 1.54) is 16.4 Å². The Balaban J connectivity index is 2.72. The molecule has 2 unspecified atom stereocenters. The van der Waals surface area contributed by atoms with E-state index in [1.807, 2.05) is 0 Å². The van der Waals surface area contributed by atoms with Crippen molar-refractivity contribution in [3.8, 4) is 5.75 Å². The molecule has 32 heavy (non-hydrogen) atoms. The van der Waals surface area contributed by atoms with E-state index >= 15 is 0 Å². The van der Waals surface area contributed by atoms with E-state index < -0.39 is 0 Å². The van der Waals surface area contributed by atoms with Gasteiger partial charge in [-0.25, -0.2) is 0 Å². The van der Waals surface area contributed by atoms with E-state index in [2.05, 4.69) is 111 Å². The molecule has 2 aromatic rings. The van der Waals surface area contributed by atoms with Gasteiger partial charge in [-0.3, -0.25) is 0 Å². The lowest BCUT2D eigenvalue weighted by Gasteiger charge is -2.36. The second-order valence-corrected chi connectivity index (χ2v) is 13.8.